The summed E-state index contributed by atoms with van der Waals surface area (Å²) in [4.78, 5) is 0. The molecular formula is C20H17FN4O2S. The number of aromatic nitrogens is 4. The van der Waals surface area contributed by atoms with Crippen LogP contribution in [0, 0.1) is 5.82 Å². The van der Waals surface area contributed by atoms with E-state index in [-0.39, 0.29) is 5.82 Å². The maximum absolute atomic E-state index is 13.9. The Bertz CT molecular complexity index is 1130. The van der Waals surface area contributed by atoms with Gasteiger partial charge in [0.25, 0.3) is 0 Å². The number of fused-ring (bicyclic) bond motifs is 1. The predicted octanol–water partition coefficient (Wildman–Crippen LogP) is 4.24. The van der Waals surface area contributed by atoms with Gasteiger partial charge in [-0.3, -0.25) is 0 Å². The van der Waals surface area contributed by atoms with Crippen molar-refractivity contribution in [3.05, 3.63) is 66.0 Å². The number of thioether (sulfide) groups is 1. The maximum atomic E-state index is 13.9. The number of benzene rings is 2. The summed E-state index contributed by atoms with van der Waals surface area (Å²) in [6.07, 6.45) is 0. The average molecular weight is 396 g/mol. The topological polar surface area (TPSA) is 61.5 Å². The van der Waals surface area contributed by atoms with Gasteiger partial charge in [0.05, 0.1) is 19.9 Å². The van der Waals surface area contributed by atoms with Crippen LogP contribution in [0.25, 0.3) is 16.9 Å². The van der Waals surface area contributed by atoms with Crippen molar-refractivity contribution in [1.29, 1.82) is 0 Å². The minimum Gasteiger partial charge on any atom is -0.493 e. The molecule has 0 aliphatic carbocycles. The number of hydrogen-bond acceptors (Lipinski definition) is 6. The molecule has 2 heterocycles. The van der Waals surface area contributed by atoms with Crippen LogP contribution in [0.1, 0.15) is 5.56 Å². The number of nitrogens with zero attached hydrogens (tertiary/aromatic N) is 4. The lowest BCUT2D eigenvalue weighted by molar-refractivity contribution is 0.355. The van der Waals surface area contributed by atoms with Gasteiger partial charge >= 0.3 is 0 Å². The van der Waals surface area contributed by atoms with Gasteiger partial charge in [0.1, 0.15) is 5.82 Å². The van der Waals surface area contributed by atoms with E-state index in [0.717, 1.165) is 11.3 Å². The molecule has 6 nitrogen and oxygen atoms in total. The van der Waals surface area contributed by atoms with Gasteiger partial charge in [-0.05, 0) is 42.0 Å². The minimum absolute atomic E-state index is 0.234. The molecule has 0 atom stereocenters. The third kappa shape index (κ3) is 3.50. The molecule has 4 rings (SSSR count). The van der Waals surface area contributed by atoms with Gasteiger partial charge < -0.3 is 9.47 Å². The zero-order valence-electron chi connectivity index (χ0n) is 15.3. The Morgan fingerprint density at radius 3 is 2.57 bits per heavy atom. The smallest absolute Gasteiger partial charge is 0.212 e. The number of halogens is 1. The summed E-state index contributed by atoms with van der Waals surface area (Å²) in [5.41, 5.74) is 2.85. The summed E-state index contributed by atoms with van der Waals surface area (Å²) >= 11 is 1.38. The fourth-order valence-corrected chi connectivity index (χ4v) is 3.64. The van der Waals surface area contributed by atoms with Crippen molar-refractivity contribution in [2.75, 3.05) is 14.2 Å². The Balaban J connectivity index is 1.65. The van der Waals surface area contributed by atoms with Crippen LogP contribution in [0.5, 0.6) is 11.5 Å². The van der Waals surface area contributed by atoms with Crippen molar-refractivity contribution in [2.24, 2.45) is 0 Å². The van der Waals surface area contributed by atoms with E-state index in [4.69, 9.17) is 9.47 Å². The van der Waals surface area contributed by atoms with Crippen molar-refractivity contribution in [3.8, 4) is 22.8 Å². The lowest BCUT2D eigenvalue weighted by Crippen LogP contribution is -1.98. The molecule has 142 valence electrons. The number of ether oxygens (including phenoxy) is 2. The highest BCUT2D eigenvalue weighted by Crippen LogP contribution is 2.32. The molecule has 8 heteroatoms. The highest BCUT2D eigenvalue weighted by Gasteiger charge is 2.12. The van der Waals surface area contributed by atoms with E-state index >= 15 is 0 Å². The molecule has 0 fully saturated rings. The largest absolute Gasteiger partial charge is 0.493 e. The first kappa shape index (κ1) is 18.2. The molecule has 0 bridgehead atoms. The molecule has 0 spiro atoms. The summed E-state index contributed by atoms with van der Waals surface area (Å²) < 4.78 is 26.2. The van der Waals surface area contributed by atoms with Crippen LogP contribution in [0.2, 0.25) is 0 Å². The van der Waals surface area contributed by atoms with Gasteiger partial charge in [-0.15, -0.1) is 10.2 Å². The molecule has 0 saturated carbocycles. The van der Waals surface area contributed by atoms with Gasteiger partial charge in [-0.2, -0.15) is 9.61 Å². The quantitative estimate of drug-likeness (QED) is 0.454. The van der Waals surface area contributed by atoms with E-state index in [1.807, 2.05) is 36.4 Å². The molecule has 0 saturated heterocycles. The van der Waals surface area contributed by atoms with Gasteiger partial charge in [0.2, 0.25) is 5.16 Å². The summed E-state index contributed by atoms with van der Waals surface area (Å²) in [5, 5.41) is 13.6. The van der Waals surface area contributed by atoms with Crippen LogP contribution in [0.15, 0.2) is 59.8 Å². The Kier molecular flexibility index (Phi) is 5.12. The van der Waals surface area contributed by atoms with Crippen molar-refractivity contribution in [3.63, 3.8) is 0 Å². The first-order chi connectivity index (χ1) is 13.7. The fraction of sp³-hybridized carbons (Fsp3) is 0.150. The fourth-order valence-electron chi connectivity index (χ4n) is 2.77. The van der Waals surface area contributed by atoms with E-state index in [9.17, 15) is 4.39 Å². The lowest BCUT2D eigenvalue weighted by atomic mass is 10.1. The predicted molar refractivity (Wildman–Crippen MR) is 105 cm³/mol. The third-order valence-electron chi connectivity index (χ3n) is 4.23. The summed E-state index contributed by atoms with van der Waals surface area (Å²) in [6, 6.07) is 16.0. The molecule has 0 amide bonds. The molecule has 0 unspecified atom stereocenters. The second-order valence-corrected chi connectivity index (χ2v) is 6.86. The van der Waals surface area contributed by atoms with E-state index < -0.39 is 0 Å². The maximum Gasteiger partial charge on any atom is 0.212 e. The van der Waals surface area contributed by atoms with E-state index in [1.165, 1.54) is 17.8 Å². The van der Waals surface area contributed by atoms with Crippen LogP contribution in [0.4, 0.5) is 4.39 Å². The Morgan fingerprint density at radius 1 is 0.964 bits per heavy atom. The van der Waals surface area contributed by atoms with Crippen LogP contribution in [-0.4, -0.2) is 34.0 Å². The molecule has 0 aliphatic rings. The van der Waals surface area contributed by atoms with Crippen LogP contribution in [-0.2, 0) is 5.75 Å². The van der Waals surface area contributed by atoms with Crippen LogP contribution < -0.4 is 9.47 Å². The first-order valence-corrected chi connectivity index (χ1v) is 9.49. The molecule has 4 aromatic rings. The Labute approximate surface area is 165 Å². The second-order valence-electron chi connectivity index (χ2n) is 5.92. The first-order valence-electron chi connectivity index (χ1n) is 8.50. The average Bonchev–Trinajstić information content (AvgIpc) is 3.15. The molecule has 0 N–H and O–H groups in total. The molecule has 0 aliphatic heterocycles. The highest BCUT2D eigenvalue weighted by atomic mass is 32.2. The van der Waals surface area contributed by atoms with E-state index in [0.29, 0.717) is 33.6 Å². The van der Waals surface area contributed by atoms with E-state index in [1.54, 1.807) is 30.9 Å². The molecule has 0 radical (unpaired) electrons. The van der Waals surface area contributed by atoms with Crippen molar-refractivity contribution >= 4 is 17.4 Å². The number of hydrogen-bond donors (Lipinski definition) is 0. The molecule has 28 heavy (non-hydrogen) atoms. The number of rotatable bonds is 6. The zero-order chi connectivity index (χ0) is 19.5. The van der Waals surface area contributed by atoms with Gasteiger partial charge in [0, 0.05) is 11.3 Å². The zero-order valence-corrected chi connectivity index (χ0v) is 16.1. The third-order valence-corrected chi connectivity index (χ3v) is 5.20. The van der Waals surface area contributed by atoms with Crippen LogP contribution >= 0.6 is 11.8 Å². The Hall–Kier alpha value is -3.13. The monoisotopic (exact) mass is 396 g/mol. The second kappa shape index (κ2) is 7.85. The van der Waals surface area contributed by atoms with Gasteiger partial charge in [0.15, 0.2) is 17.1 Å². The standard InChI is InChI=1S/C20H17FN4O2S/c1-26-17-9-7-13(11-18(17)27-2)16-8-10-19-22-23-20(25(19)24-16)28-12-14-5-3-4-6-15(14)21/h3-11H,12H2,1-2H3. The van der Waals surface area contributed by atoms with Crippen molar-refractivity contribution in [2.45, 2.75) is 10.9 Å². The van der Waals surface area contributed by atoms with E-state index in [2.05, 4.69) is 15.3 Å². The molecule has 2 aromatic carbocycles. The summed E-state index contributed by atoms with van der Waals surface area (Å²) in [7, 11) is 3.19. The SMILES string of the molecule is COc1ccc(-c2ccc3nnc(SCc4ccccc4F)n3n2)cc1OC. The minimum atomic E-state index is -0.234. The highest BCUT2D eigenvalue weighted by molar-refractivity contribution is 7.98. The van der Waals surface area contributed by atoms with Gasteiger partial charge in [-0.1, -0.05) is 30.0 Å². The normalized spacial score (nSPS) is 11.0. The Morgan fingerprint density at radius 2 is 1.79 bits per heavy atom. The molecule has 2 aromatic heterocycles. The van der Waals surface area contributed by atoms with Crippen molar-refractivity contribution in [1.82, 2.24) is 19.8 Å². The lowest BCUT2D eigenvalue weighted by Gasteiger charge is -2.09. The van der Waals surface area contributed by atoms with Gasteiger partial charge in [-0.25, -0.2) is 4.39 Å². The van der Waals surface area contributed by atoms with Crippen molar-refractivity contribution < 1.29 is 13.9 Å². The molecular weight excluding hydrogens is 379 g/mol. The number of methoxy groups -OCH3 is 2. The summed E-state index contributed by atoms with van der Waals surface area (Å²) in [6.45, 7) is 0. The van der Waals surface area contributed by atoms with Crippen LogP contribution in [0.3, 0.4) is 0 Å². The summed E-state index contributed by atoms with van der Waals surface area (Å²) in [5.74, 6) is 1.48.